The molecule has 4 aromatic heterocycles. The maximum atomic E-state index is 12.7. The van der Waals surface area contributed by atoms with Crippen molar-refractivity contribution in [1.82, 2.24) is 30.0 Å². The van der Waals surface area contributed by atoms with E-state index in [9.17, 15) is 4.79 Å². The smallest absolute Gasteiger partial charge is 0.227 e. The van der Waals surface area contributed by atoms with Crippen LogP contribution in [0.25, 0.3) is 44.5 Å². The van der Waals surface area contributed by atoms with E-state index in [4.69, 9.17) is 0 Å². The summed E-state index contributed by atoms with van der Waals surface area (Å²) < 4.78 is 0. The predicted molar refractivity (Wildman–Crippen MR) is 155 cm³/mol. The lowest BCUT2D eigenvalue weighted by Gasteiger charge is -2.34. The number of anilines is 2. The van der Waals surface area contributed by atoms with E-state index < -0.39 is 0 Å². The number of carbonyl (C=O) groups is 1. The van der Waals surface area contributed by atoms with Crippen LogP contribution in [-0.2, 0) is 4.79 Å². The molecule has 0 atom stereocenters. The van der Waals surface area contributed by atoms with Gasteiger partial charge in [-0.15, -0.1) is 0 Å². The summed E-state index contributed by atoms with van der Waals surface area (Å²) in [5, 5.41) is 13.1. The molecule has 1 amide bonds. The van der Waals surface area contributed by atoms with Crippen molar-refractivity contribution in [3.05, 3.63) is 55.0 Å². The van der Waals surface area contributed by atoms with E-state index in [2.05, 4.69) is 71.6 Å². The number of pyridine rings is 2. The Morgan fingerprint density at radius 1 is 0.974 bits per heavy atom. The van der Waals surface area contributed by atoms with Gasteiger partial charge in [0, 0.05) is 66.5 Å². The number of benzene rings is 1. The third-order valence-corrected chi connectivity index (χ3v) is 8.24. The Morgan fingerprint density at radius 3 is 2.67 bits per heavy atom. The third-order valence-electron chi connectivity index (χ3n) is 8.24. The molecule has 1 aliphatic carbocycles. The summed E-state index contributed by atoms with van der Waals surface area (Å²) >= 11 is 0. The Hall–Kier alpha value is -4.24. The fraction of sp³-hybridized carbons (Fsp3) is 0.333. The quantitative estimate of drug-likeness (QED) is 0.300. The van der Waals surface area contributed by atoms with Crippen LogP contribution in [0.5, 0.6) is 0 Å². The van der Waals surface area contributed by atoms with Crippen molar-refractivity contribution >= 4 is 39.2 Å². The van der Waals surface area contributed by atoms with Gasteiger partial charge in [-0.05, 0) is 55.8 Å². The van der Waals surface area contributed by atoms with Crippen LogP contribution in [0.4, 0.5) is 11.4 Å². The molecular formula is C30H32N8O. The highest BCUT2D eigenvalue weighted by atomic mass is 16.1. The molecule has 1 saturated heterocycles. The maximum Gasteiger partial charge on any atom is 0.227 e. The molecule has 9 heteroatoms. The summed E-state index contributed by atoms with van der Waals surface area (Å²) in [7, 11) is 2.17. The van der Waals surface area contributed by atoms with Gasteiger partial charge in [0.1, 0.15) is 11.3 Å². The average Bonchev–Trinajstić information content (AvgIpc) is 3.73. The monoisotopic (exact) mass is 520 g/mol. The first-order valence-electron chi connectivity index (χ1n) is 13.8. The summed E-state index contributed by atoms with van der Waals surface area (Å²) in [6.07, 6.45) is 9.63. The molecule has 3 N–H and O–H groups in total. The standard InChI is InChI=1S/C30H32N8O/c1-37-10-12-38(13-11-37)27-8-9-32-29-24(27)16-26(34-29)28-23-15-20(6-7-25(23)35-36-28)21-14-22(18-31-17-21)33-30(39)19-4-2-3-5-19/h6-9,14-19H,2-5,10-13H2,1H3,(H,32,34)(H,33,39)(H,35,36). The Kier molecular flexibility index (Phi) is 6.00. The van der Waals surface area contributed by atoms with E-state index >= 15 is 0 Å². The van der Waals surface area contributed by atoms with Crippen LogP contribution < -0.4 is 10.2 Å². The van der Waals surface area contributed by atoms with Crippen LogP contribution in [0.15, 0.2) is 55.0 Å². The van der Waals surface area contributed by atoms with E-state index in [1.54, 1.807) is 6.20 Å². The second-order valence-corrected chi connectivity index (χ2v) is 10.8. The van der Waals surface area contributed by atoms with Gasteiger partial charge < -0.3 is 20.1 Å². The average molecular weight is 521 g/mol. The van der Waals surface area contributed by atoms with Crippen molar-refractivity contribution in [3.63, 3.8) is 0 Å². The number of aromatic nitrogens is 5. The van der Waals surface area contributed by atoms with Gasteiger partial charge in [0.15, 0.2) is 0 Å². The molecule has 9 nitrogen and oxygen atoms in total. The summed E-state index contributed by atoms with van der Waals surface area (Å²) in [5.74, 6) is 0.212. The largest absolute Gasteiger partial charge is 0.368 e. The van der Waals surface area contributed by atoms with Crippen LogP contribution in [-0.4, -0.2) is 69.2 Å². The van der Waals surface area contributed by atoms with E-state index in [-0.39, 0.29) is 11.8 Å². The Balaban J connectivity index is 1.21. The lowest BCUT2D eigenvalue weighted by atomic mass is 10.0. The molecule has 0 unspecified atom stereocenters. The molecule has 1 aromatic carbocycles. The van der Waals surface area contributed by atoms with Crippen molar-refractivity contribution in [2.45, 2.75) is 25.7 Å². The highest BCUT2D eigenvalue weighted by Gasteiger charge is 2.23. The van der Waals surface area contributed by atoms with E-state index in [1.165, 1.54) is 5.69 Å². The van der Waals surface area contributed by atoms with Gasteiger partial charge in [-0.3, -0.25) is 14.9 Å². The zero-order chi connectivity index (χ0) is 26.3. The third kappa shape index (κ3) is 4.52. The first-order chi connectivity index (χ1) is 19.1. The van der Waals surface area contributed by atoms with Gasteiger partial charge >= 0.3 is 0 Å². The Labute approximate surface area is 226 Å². The molecule has 39 heavy (non-hydrogen) atoms. The van der Waals surface area contributed by atoms with Gasteiger partial charge in [-0.2, -0.15) is 5.10 Å². The minimum Gasteiger partial charge on any atom is -0.368 e. The number of likely N-dealkylation sites (N-methyl/N-ethyl adjacent to an activating group) is 1. The van der Waals surface area contributed by atoms with Crippen molar-refractivity contribution in [3.8, 4) is 22.5 Å². The number of hydrogen-bond acceptors (Lipinski definition) is 6. The van der Waals surface area contributed by atoms with E-state index in [0.29, 0.717) is 0 Å². The molecular weight excluding hydrogens is 488 g/mol. The molecule has 1 saturated carbocycles. The SMILES string of the molecule is CN1CCN(c2ccnc3[nH]c(-c4n[nH]c5ccc(-c6cncc(NC(=O)C7CCCC7)c6)cc45)cc23)CC1. The number of aromatic amines is 2. The Bertz CT molecular complexity index is 1660. The molecule has 2 fully saturated rings. The number of hydrogen-bond donors (Lipinski definition) is 3. The number of rotatable bonds is 5. The minimum absolute atomic E-state index is 0.0994. The minimum atomic E-state index is 0.0994. The van der Waals surface area contributed by atoms with Crippen molar-refractivity contribution < 1.29 is 4.79 Å². The second kappa shape index (κ2) is 9.81. The molecule has 0 bridgehead atoms. The molecule has 1 aliphatic heterocycles. The zero-order valence-corrected chi connectivity index (χ0v) is 22.1. The maximum absolute atomic E-state index is 12.7. The zero-order valence-electron chi connectivity index (χ0n) is 22.1. The molecule has 0 spiro atoms. The summed E-state index contributed by atoms with van der Waals surface area (Å²) in [4.78, 5) is 30.0. The van der Waals surface area contributed by atoms with Crippen molar-refractivity contribution in [2.24, 2.45) is 5.92 Å². The Morgan fingerprint density at radius 2 is 1.82 bits per heavy atom. The normalized spacial score (nSPS) is 16.9. The van der Waals surface area contributed by atoms with Crippen LogP contribution in [0, 0.1) is 5.92 Å². The molecule has 5 aromatic rings. The number of amides is 1. The first-order valence-corrected chi connectivity index (χ1v) is 13.8. The van der Waals surface area contributed by atoms with Gasteiger partial charge in [-0.1, -0.05) is 18.9 Å². The van der Waals surface area contributed by atoms with Crippen LogP contribution in [0.1, 0.15) is 25.7 Å². The first kappa shape index (κ1) is 23.8. The number of nitrogens with one attached hydrogen (secondary N) is 3. The predicted octanol–water partition coefficient (Wildman–Crippen LogP) is 5.05. The van der Waals surface area contributed by atoms with Crippen LogP contribution in [0.2, 0.25) is 0 Å². The van der Waals surface area contributed by atoms with Crippen molar-refractivity contribution in [2.75, 3.05) is 43.4 Å². The van der Waals surface area contributed by atoms with E-state index in [1.807, 2.05) is 24.5 Å². The van der Waals surface area contributed by atoms with Crippen LogP contribution >= 0.6 is 0 Å². The van der Waals surface area contributed by atoms with E-state index in [0.717, 1.165) is 102 Å². The number of H-pyrrole nitrogens is 2. The summed E-state index contributed by atoms with van der Waals surface area (Å²) in [6.45, 7) is 4.10. The topological polar surface area (TPSA) is 106 Å². The van der Waals surface area contributed by atoms with Gasteiger partial charge in [0.2, 0.25) is 5.91 Å². The lowest BCUT2D eigenvalue weighted by molar-refractivity contribution is -0.119. The van der Waals surface area contributed by atoms with Crippen molar-refractivity contribution in [1.29, 1.82) is 0 Å². The molecule has 0 radical (unpaired) electrons. The van der Waals surface area contributed by atoms with Crippen LogP contribution in [0.3, 0.4) is 0 Å². The molecule has 198 valence electrons. The highest BCUT2D eigenvalue weighted by molar-refractivity contribution is 6.00. The summed E-state index contributed by atoms with van der Waals surface area (Å²) in [6, 6.07) is 12.5. The molecule has 5 heterocycles. The van der Waals surface area contributed by atoms with Gasteiger partial charge in [-0.25, -0.2) is 4.98 Å². The van der Waals surface area contributed by atoms with Gasteiger partial charge in [0.25, 0.3) is 0 Å². The highest BCUT2D eigenvalue weighted by Crippen LogP contribution is 2.35. The second-order valence-electron chi connectivity index (χ2n) is 10.8. The number of fused-ring (bicyclic) bond motifs is 2. The molecule has 7 rings (SSSR count). The summed E-state index contributed by atoms with van der Waals surface area (Å²) in [5.41, 5.74) is 7.51. The lowest BCUT2D eigenvalue weighted by Crippen LogP contribution is -2.44. The fourth-order valence-electron chi connectivity index (χ4n) is 5.96. The number of piperazine rings is 1. The number of carbonyl (C=O) groups excluding carboxylic acids is 1. The fourth-order valence-corrected chi connectivity index (χ4v) is 5.96. The van der Waals surface area contributed by atoms with Gasteiger partial charge in [0.05, 0.1) is 23.1 Å². The molecule has 2 aliphatic rings. The number of nitrogens with zero attached hydrogens (tertiary/aromatic N) is 5.